The van der Waals surface area contributed by atoms with E-state index in [1.807, 2.05) is 55.5 Å². The second-order valence-corrected chi connectivity index (χ2v) is 9.10. The average Bonchev–Trinajstić information content (AvgIpc) is 3.05. The molecule has 2 aromatic rings. The van der Waals surface area contributed by atoms with E-state index in [-0.39, 0.29) is 11.8 Å². The van der Waals surface area contributed by atoms with Gasteiger partial charge in [0.1, 0.15) is 6.04 Å². The third-order valence-electron chi connectivity index (χ3n) is 6.47. The van der Waals surface area contributed by atoms with Crippen molar-refractivity contribution in [3.8, 4) is 0 Å². The van der Waals surface area contributed by atoms with Gasteiger partial charge in [-0.2, -0.15) is 0 Å². The minimum Gasteiger partial charge on any atom is -0.354 e. The first-order chi connectivity index (χ1) is 15.0. The molecule has 1 saturated heterocycles. The normalized spacial score (nSPS) is 21.2. The van der Waals surface area contributed by atoms with Crippen molar-refractivity contribution in [2.45, 2.75) is 45.7 Å². The van der Waals surface area contributed by atoms with Gasteiger partial charge in [0.05, 0.1) is 0 Å². The lowest BCUT2D eigenvalue weighted by Gasteiger charge is -2.30. The molecular weight excluding hydrogens is 386 g/mol. The summed E-state index contributed by atoms with van der Waals surface area (Å²) in [6.45, 7) is 8.74. The fourth-order valence-electron chi connectivity index (χ4n) is 4.81. The number of carbonyl (C=O) groups is 2. The molecule has 0 saturated carbocycles. The highest BCUT2D eigenvalue weighted by molar-refractivity contribution is 6.04. The van der Waals surface area contributed by atoms with Gasteiger partial charge in [-0.15, -0.1) is 0 Å². The Bertz CT molecular complexity index is 925. The fraction of sp³-hybridized carbons (Fsp3) is 0.462. The Morgan fingerprint density at radius 1 is 1.13 bits per heavy atom. The van der Waals surface area contributed by atoms with Crippen LogP contribution in [0.25, 0.3) is 0 Å². The minimum atomic E-state index is -0.569. The summed E-state index contributed by atoms with van der Waals surface area (Å²) in [5, 5.41) is 3.10. The number of piperidine rings is 1. The third-order valence-corrected chi connectivity index (χ3v) is 6.47. The number of rotatable bonds is 7. The van der Waals surface area contributed by atoms with Crippen molar-refractivity contribution in [2.75, 3.05) is 26.2 Å². The van der Waals surface area contributed by atoms with Crippen LogP contribution in [0.15, 0.2) is 48.5 Å². The van der Waals surface area contributed by atoms with Crippen LogP contribution in [-0.2, 0) is 11.3 Å². The van der Waals surface area contributed by atoms with Crippen molar-refractivity contribution in [1.29, 1.82) is 0 Å². The van der Waals surface area contributed by atoms with Gasteiger partial charge in [0.2, 0.25) is 5.91 Å². The molecule has 2 unspecified atom stereocenters. The highest BCUT2D eigenvalue weighted by atomic mass is 16.2. The maximum atomic E-state index is 13.2. The number of likely N-dealkylation sites (tertiary alicyclic amines) is 1. The zero-order valence-corrected chi connectivity index (χ0v) is 18.6. The van der Waals surface area contributed by atoms with Crippen LogP contribution in [0.1, 0.15) is 59.3 Å². The van der Waals surface area contributed by atoms with Crippen LogP contribution in [0.5, 0.6) is 0 Å². The summed E-state index contributed by atoms with van der Waals surface area (Å²) in [5.74, 6) is 0.607. The van der Waals surface area contributed by atoms with Gasteiger partial charge < -0.3 is 15.1 Å². The molecule has 0 bridgehead atoms. The van der Waals surface area contributed by atoms with Gasteiger partial charge in [0.25, 0.3) is 5.91 Å². The van der Waals surface area contributed by atoms with Crippen molar-refractivity contribution in [1.82, 2.24) is 15.1 Å². The molecule has 2 aliphatic heterocycles. The molecule has 0 radical (unpaired) electrons. The Labute approximate surface area is 185 Å². The topological polar surface area (TPSA) is 52.7 Å². The molecule has 2 amide bonds. The van der Waals surface area contributed by atoms with E-state index >= 15 is 0 Å². The second-order valence-electron chi connectivity index (χ2n) is 9.10. The van der Waals surface area contributed by atoms with Gasteiger partial charge in [0.15, 0.2) is 0 Å². The number of aryl methyl sites for hydroxylation is 1. The van der Waals surface area contributed by atoms with Crippen molar-refractivity contribution in [2.24, 2.45) is 5.92 Å². The Morgan fingerprint density at radius 2 is 1.90 bits per heavy atom. The van der Waals surface area contributed by atoms with Crippen LogP contribution >= 0.6 is 0 Å². The van der Waals surface area contributed by atoms with E-state index in [1.165, 1.54) is 18.4 Å². The van der Waals surface area contributed by atoms with E-state index < -0.39 is 6.04 Å². The number of nitrogens with one attached hydrogen (secondary N) is 1. The minimum absolute atomic E-state index is 0.0707. The van der Waals surface area contributed by atoms with Crippen LogP contribution in [0.4, 0.5) is 0 Å². The molecule has 0 aromatic heterocycles. The molecule has 0 spiro atoms. The first-order valence-electron chi connectivity index (χ1n) is 11.5. The van der Waals surface area contributed by atoms with Crippen molar-refractivity contribution < 1.29 is 9.59 Å². The van der Waals surface area contributed by atoms with E-state index in [0.717, 1.165) is 43.1 Å². The van der Waals surface area contributed by atoms with Gasteiger partial charge in [0, 0.05) is 25.2 Å². The van der Waals surface area contributed by atoms with Gasteiger partial charge in [-0.1, -0.05) is 55.0 Å². The highest BCUT2D eigenvalue weighted by Crippen LogP contribution is 2.35. The standard InChI is InChI=1S/C26H33N3O2/c1-19-10-12-21(13-11-19)18-29-24(22-8-3-4-9-23(22)26(29)31)25(30)27-14-6-16-28-15-5-7-20(2)17-28/h3-4,8-13,20,24H,5-7,14-18H2,1-2H3,(H,27,30). The lowest BCUT2D eigenvalue weighted by Crippen LogP contribution is -2.40. The smallest absolute Gasteiger partial charge is 0.255 e. The molecular formula is C26H33N3O2. The lowest BCUT2D eigenvalue weighted by atomic mass is 10.0. The van der Waals surface area contributed by atoms with E-state index in [0.29, 0.717) is 18.7 Å². The number of hydrogen-bond acceptors (Lipinski definition) is 3. The Kier molecular flexibility index (Phi) is 6.71. The molecule has 31 heavy (non-hydrogen) atoms. The molecule has 1 N–H and O–H groups in total. The first-order valence-corrected chi connectivity index (χ1v) is 11.5. The second kappa shape index (κ2) is 9.65. The van der Waals surface area contributed by atoms with Crippen molar-refractivity contribution in [3.63, 3.8) is 0 Å². The molecule has 5 heteroatoms. The summed E-state index contributed by atoms with van der Waals surface area (Å²) in [6, 6.07) is 15.1. The van der Waals surface area contributed by atoms with Crippen LogP contribution < -0.4 is 5.32 Å². The van der Waals surface area contributed by atoms with Crippen LogP contribution in [0, 0.1) is 12.8 Å². The predicted octanol–water partition coefficient (Wildman–Crippen LogP) is 3.93. The van der Waals surface area contributed by atoms with Gasteiger partial charge >= 0.3 is 0 Å². The zero-order valence-electron chi connectivity index (χ0n) is 18.6. The highest BCUT2D eigenvalue weighted by Gasteiger charge is 2.40. The molecule has 5 nitrogen and oxygen atoms in total. The fourth-order valence-corrected chi connectivity index (χ4v) is 4.81. The number of amides is 2. The molecule has 0 aliphatic carbocycles. The van der Waals surface area contributed by atoms with Crippen molar-refractivity contribution in [3.05, 3.63) is 70.8 Å². The number of carbonyl (C=O) groups excluding carboxylic acids is 2. The van der Waals surface area contributed by atoms with Crippen LogP contribution in [0.3, 0.4) is 0 Å². The summed E-state index contributed by atoms with van der Waals surface area (Å²) in [7, 11) is 0. The number of nitrogens with zero attached hydrogens (tertiary/aromatic N) is 2. The molecule has 2 heterocycles. The molecule has 2 atom stereocenters. The maximum absolute atomic E-state index is 13.2. The molecule has 4 rings (SSSR count). The van der Waals surface area contributed by atoms with Crippen LogP contribution in [-0.4, -0.2) is 47.8 Å². The summed E-state index contributed by atoms with van der Waals surface area (Å²) in [5.41, 5.74) is 3.65. The Morgan fingerprint density at radius 3 is 2.68 bits per heavy atom. The Hall–Kier alpha value is -2.66. The van der Waals surface area contributed by atoms with Crippen molar-refractivity contribution >= 4 is 11.8 Å². The summed E-state index contributed by atoms with van der Waals surface area (Å²) in [4.78, 5) is 30.5. The zero-order chi connectivity index (χ0) is 21.8. The third kappa shape index (κ3) is 4.99. The van der Waals surface area contributed by atoms with Gasteiger partial charge in [-0.25, -0.2) is 0 Å². The molecule has 164 valence electrons. The summed E-state index contributed by atoms with van der Waals surface area (Å²) < 4.78 is 0. The summed E-state index contributed by atoms with van der Waals surface area (Å²) >= 11 is 0. The molecule has 2 aliphatic rings. The molecule has 2 aromatic carbocycles. The van der Waals surface area contributed by atoms with Gasteiger partial charge in [-0.3, -0.25) is 9.59 Å². The van der Waals surface area contributed by atoms with Crippen LogP contribution in [0.2, 0.25) is 0 Å². The van der Waals surface area contributed by atoms with E-state index in [2.05, 4.69) is 17.1 Å². The van der Waals surface area contributed by atoms with Gasteiger partial charge in [-0.05, 0) is 62.4 Å². The number of fused-ring (bicyclic) bond motifs is 1. The number of benzene rings is 2. The lowest BCUT2D eigenvalue weighted by molar-refractivity contribution is -0.125. The Balaban J connectivity index is 1.41. The summed E-state index contributed by atoms with van der Waals surface area (Å²) in [6.07, 6.45) is 3.51. The first kappa shape index (κ1) is 21.6. The average molecular weight is 420 g/mol. The maximum Gasteiger partial charge on any atom is 0.255 e. The number of hydrogen-bond donors (Lipinski definition) is 1. The van der Waals surface area contributed by atoms with E-state index in [1.54, 1.807) is 4.90 Å². The van der Waals surface area contributed by atoms with E-state index in [4.69, 9.17) is 0 Å². The SMILES string of the molecule is Cc1ccc(CN2C(=O)c3ccccc3C2C(=O)NCCCN2CCCC(C)C2)cc1. The molecule has 1 fully saturated rings. The van der Waals surface area contributed by atoms with E-state index in [9.17, 15) is 9.59 Å². The monoisotopic (exact) mass is 419 g/mol. The predicted molar refractivity (Wildman–Crippen MR) is 123 cm³/mol. The quantitative estimate of drug-likeness (QED) is 0.692. The largest absolute Gasteiger partial charge is 0.354 e.